The Bertz CT molecular complexity index is 2060. The third-order valence-corrected chi connectivity index (χ3v) is 9.13. The predicted molar refractivity (Wildman–Crippen MR) is 189 cm³/mol. The maximum absolute atomic E-state index is 11.5. The molecule has 6 aromatic heterocycles. The van der Waals surface area contributed by atoms with E-state index >= 15 is 0 Å². The highest BCUT2D eigenvalue weighted by atomic mass is 35.5. The Morgan fingerprint density at radius 3 is 1.84 bits per heavy atom. The van der Waals surface area contributed by atoms with Crippen molar-refractivity contribution in [2.24, 2.45) is 19.8 Å². The van der Waals surface area contributed by atoms with E-state index in [-0.39, 0.29) is 24.4 Å². The average molecular weight is 685 g/mol. The van der Waals surface area contributed by atoms with E-state index in [1.807, 2.05) is 49.3 Å². The van der Waals surface area contributed by atoms with Crippen LogP contribution in [0.15, 0.2) is 74.4 Å². The second kappa shape index (κ2) is 14.5. The molecule has 8 rings (SSSR count). The number of nitrogens with two attached hydrogens (primary N) is 1. The number of amides is 1. The molecule has 15 nitrogen and oxygen atoms in total. The first-order valence-electron chi connectivity index (χ1n) is 16.2. The standard InChI is InChI=1S/C18H21N7O.C15H19N7.ClH/c1-3-17(26)21-14-5-4-12(8-14)13-9-15(18-19-11-20-25(18)10-13)22-16-6-7-24(2)23-16;1-21-5-4-14(20-21)19-13-7-11(10-2-3-12(16)6-10)8-22-15(13)17-9-18-22;/h3,6-7,9-12,14H,1,4-5,8H2,2H3,(H,21,26)(H,22,23);4-5,7-10,12H,2-3,6,16H2,1H3,(H,19,20);1H/t12-,14+;10-,12+;/m00./s1. The fourth-order valence-electron chi connectivity index (χ4n) is 6.76. The number of halogens is 1. The van der Waals surface area contributed by atoms with E-state index in [0.29, 0.717) is 17.9 Å². The maximum Gasteiger partial charge on any atom is 0.243 e. The molecule has 2 saturated carbocycles. The van der Waals surface area contributed by atoms with E-state index in [9.17, 15) is 4.79 Å². The number of nitrogens with zero attached hydrogens (tertiary/aromatic N) is 10. The smallest absolute Gasteiger partial charge is 0.243 e. The van der Waals surface area contributed by atoms with Gasteiger partial charge in [-0.05, 0) is 79.7 Å². The zero-order valence-electron chi connectivity index (χ0n) is 27.5. The number of carbonyl (C=O) groups is 1. The third kappa shape index (κ3) is 7.57. The summed E-state index contributed by atoms with van der Waals surface area (Å²) in [5.41, 5.74) is 11.8. The van der Waals surface area contributed by atoms with Crippen molar-refractivity contribution >= 4 is 52.6 Å². The molecule has 0 saturated heterocycles. The average Bonchev–Trinajstić information content (AvgIpc) is 3.91. The molecule has 6 heterocycles. The van der Waals surface area contributed by atoms with Gasteiger partial charge in [0, 0.05) is 63.1 Å². The van der Waals surface area contributed by atoms with Crippen LogP contribution in [-0.2, 0) is 18.9 Å². The largest absolute Gasteiger partial charge is 0.350 e. The van der Waals surface area contributed by atoms with E-state index in [2.05, 4.69) is 71.2 Å². The van der Waals surface area contributed by atoms with Gasteiger partial charge in [-0.25, -0.2) is 19.0 Å². The number of carbonyl (C=O) groups excluding carboxylic acids is 1. The van der Waals surface area contributed by atoms with Crippen LogP contribution in [0.4, 0.5) is 23.0 Å². The molecule has 0 spiro atoms. The van der Waals surface area contributed by atoms with Crippen molar-refractivity contribution in [1.82, 2.24) is 54.1 Å². The zero-order valence-corrected chi connectivity index (χ0v) is 28.3. The van der Waals surface area contributed by atoms with Crippen LogP contribution in [0.2, 0.25) is 0 Å². The minimum atomic E-state index is -0.111. The molecule has 2 aliphatic carbocycles. The number of aryl methyl sites for hydroxylation is 2. The van der Waals surface area contributed by atoms with Crippen LogP contribution in [0.3, 0.4) is 0 Å². The fourth-order valence-corrected chi connectivity index (χ4v) is 6.76. The third-order valence-electron chi connectivity index (χ3n) is 9.13. The van der Waals surface area contributed by atoms with Crippen LogP contribution < -0.4 is 21.7 Å². The van der Waals surface area contributed by atoms with Gasteiger partial charge in [-0.1, -0.05) is 6.58 Å². The molecule has 256 valence electrons. The van der Waals surface area contributed by atoms with Crippen LogP contribution in [0.1, 0.15) is 61.5 Å². The first-order chi connectivity index (χ1) is 23.3. The van der Waals surface area contributed by atoms with Crippen LogP contribution in [0, 0.1) is 0 Å². The normalized spacial score (nSPS) is 20.1. The lowest BCUT2D eigenvalue weighted by molar-refractivity contribution is -0.117. The van der Waals surface area contributed by atoms with Crippen molar-refractivity contribution < 1.29 is 4.79 Å². The van der Waals surface area contributed by atoms with Gasteiger partial charge in [0.05, 0.1) is 11.4 Å². The van der Waals surface area contributed by atoms with Crippen molar-refractivity contribution in [2.75, 3.05) is 10.6 Å². The first-order valence-corrected chi connectivity index (χ1v) is 16.2. The molecule has 0 aromatic carbocycles. The van der Waals surface area contributed by atoms with Crippen molar-refractivity contribution in [3.63, 3.8) is 0 Å². The Kier molecular flexibility index (Phi) is 9.92. The van der Waals surface area contributed by atoms with E-state index in [0.717, 1.165) is 72.8 Å². The summed E-state index contributed by atoms with van der Waals surface area (Å²) in [6, 6.07) is 8.61. The predicted octanol–water partition coefficient (Wildman–Crippen LogP) is 4.37. The Morgan fingerprint density at radius 1 is 0.837 bits per heavy atom. The van der Waals surface area contributed by atoms with E-state index < -0.39 is 0 Å². The number of rotatable bonds is 8. The van der Waals surface area contributed by atoms with Gasteiger partial charge < -0.3 is 21.7 Å². The summed E-state index contributed by atoms with van der Waals surface area (Å²) < 4.78 is 7.13. The molecular formula is C33H41ClN14O. The SMILES string of the molecule is C=CC(=O)N[C@@H]1CC[C@H](c2cc(Nc3ccn(C)n3)c3ncnn3c2)C1.Cl.Cn1ccc(Nc2cc([C@H]3CC[C@@H](N)C3)cn3ncnc23)n1. The van der Waals surface area contributed by atoms with Crippen molar-refractivity contribution in [1.29, 1.82) is 0 Å². The molecule has 0 bridgehead atoms. The number of nitrogens with one attached hydrogen (secondary N) is 3. The number of fused-ring (bicyclic) bond motifs is 2. The van der Waals surface area contributed by atoms with E-state index in [4.69, 9.17) is 5.73 Å². The van der Waals surface area contributed by atoms with Gasteiger partial charge in [-0.2, -0.15) is 20.4 Å². The summed E-state index contributed by atoms with van der Waals surface area (Å²) in [4.78, 5) is 20.2. The Labute approximate surface area is 289 Å². The van der Waals surface area contributed by atoms with E-state index in [1.165, 1.54) is 17.2 Å². The molecule has 0 aliphatic heterocycles. The molecule has 16 heteroatoms. The van der Waals surface area contributed by atoms with Crippen molar-refractivity contribution in [3.8, 4) is 0 Å². The molecule has 0 unspecified atom stereocenters. The Balaban J connectivity index is 0.000000169. The van der Waals surface area contributed by atoms with Crippen LogP contribution in [0.5, 0.6) is 0 Å². The highest BCUT2D eigenvalue weighted by Crippen LogP contribution is 2.37. The van der Waals surface area contributed by atoms with Gasteiger partial charge in [0.25, 0.3) is 0 Å². The monoisotopic (exact) mass is 684 g/mol. The summed E-state index contributed by atoms with van der Waals surface area (Å²) in [6.45, 7) is 3.51. The summed E-state index contributed by atoms with van der Waals surface area (Å²) in [5, 5.41) is 27.0. The lowest BCUT2D eigenvalue weighted by atomic mass is 9.98. The van der Waals surface area contributed by atoms with Crippen LogP contribution >= 0.6 is 12.4 Å². The lowest BCUT2D eigenvalue weighted by Gasteiger charge is -2.14. The van der Waals surface area contributed by atoms with Gasteiger partial charge in [0.1, 0.15) is 12.7 Å². The molecule has 2 fully saturated rings. The molecule has 4 atom stereocenters. The maximum atomic E-state index is 11.5. The number of aromatic nitrogens is 10. The molecule has 1 amide bonds. The van der Waals surface area contributed by atoms with Gasteiger partial charge in [0.2, 0.25) is 5.91 Å². The minimum absolute atomic E-state index is 0. The Hall–Kier alpha value is -5.28. The zero-order chi connectivity index (χ0) is 33.2. The van der Waals surface area contributed by atoms with Crippen molar-refractivity contribution in [3.05, 3.63) is 85.5 Å². The minimum Gasteiger partial charge on any atom is -0.350 e. The summed E-state index contributed by atoms with van der Waals surface area (Å²) in [5.74, 6) is 2.31. The summed E-state index contributed by atoms with van der Waals surface area (Å²) >= 11 is 0. The fraction of sp³-hybridized carbons (Fsp3) is 0.364. The summed E-state index contributed by atoms with van der Waals surface area (Å²) in [6.07, 6.45) is 18.5. The number of pyridine rings is 2. The van der Waals surface area contributed by atoms with Gasteiger partial charge in [-0.3, -0.25) is 14.2 Å². The molecule has 2 aliphatic rings. The Morgan fingerprint density at radius 2 is 1.37 bits per heavy atom. The molecule has 0 radical (unpaired) electrons. The van der Waals surface area contributed by atoms with Gasteiger partial charge >= 0.3 is 0 Å². The van der Waals surface area contributed by atoms with E-state index in [1.54, 1.807) is 26.5 Å². The van der Waals surface area contributed by atoms with Gasteiger partial charge in [0.15, 0.2) is 22.9 Å². The summed E-state index contributed by atoms with van der Waals surface area (Å²) in [7, 11) is 3.78. The van der Waals surface area contributed by atoms with Crippen LogP contribution in [0.25, 0.3) is 11.3 Å². The number of hydrogen-bond donors (Lipinski definition) is 4. The highest BCUT2D eigenvalue weighted by Gasteiger charge is 2.28. The first kappa shape index (κ1) is 33.6. The molecular weight excluding hydrogens is 644 g/mol. The number of hydrogen-bond acceptors (Lipinski definition) is 10. The second-order valence-electron chi connectivity index (χ2n) is 12.6. The quantitative estimate of drug-likeness (QED) is 0.169. The topological polar surface area (TPSA) is 175 Å². The van der Waals surface area contributed by atoms with Crippen LogP contribution in [-0.4, -0.2) is 66.7 Å². The molecule has 5 N–H and O–H groups in total. The molecule has 49 heavy (non-hydrogen) atoms. The second-order valence-corrected chi connectivity index (χ2v) is 12.6. The molecule has 6 aromatic rings. The lowest BCUT2D eigenvalue weighted by Crippen LogP contribution is -2.31. The van der Waals surface area contributed by atoms with Crippen molar-refractivity contribution in [2.45, 2.75) is 62.4 Å². The number of anilines is 4. The van der Waals surface area contributed by atoms with Gasteiger partial charge in [-0.15, -0.1) is 12.4 Å². The highest BCUT2D eigenvalue weighted by molar-refractivity contribution is 5.87.